The van der Waals surface area contributed by atoms with E-state index in [1.807, 2.05) is 39.8 Å². The first-order valence-corrected chi connectivity index (χ1v) is 10.4. The molecule has 2 aliphatic heterocycles. The van der Waals surface area contributed by atoms with E-state index in [2.05, 4.69) is 38.5 Å². The van der Waals surface area contributed by atoms with Crippen molar-refractivity contribution >= 4 is 38.5 Å². The molecule has 0 aromatic heterocycles. The van der Waals surface area contributed by atoms with Crippen LogP contribution in [0.1, 0.15) is 27.7 Å². The Morgan fingerprint density at radius 3 is 1.92 bits per heavy atom. The molecule has 0 spiro atoms. The van der Waals surface area contributed by atoms with Gasteiger partial charge in [-0.25, -0.2) is 0 Å². The summed E-state index contributed by atoms with van der Waals surface area (Å²) in [6, 6.07) is 3.85. The van der Waals surface area contributed by atoms with E-state index in [1.165, 1.54) is 0 Å². The zero-order valence-electron chi connectivity index (χ0n) is 15.3. The summed E-state index contributed by atoms with van der Waals surface area (Å²) in [5.41, 5.74) is 0. The smallest absolute Gasteiger partial charge is 0.163 e. The van der Waals surface area contributed by atoms with Gasteiger partial charge in [-0.05, 0) is 78.3 Å². The van der Waals surface area contributed by atoms with Crippen LogP contribution in [0.3, 0.4) is 0 Å². The summed E-state index contributed by atoms with van der Waals surface area (Å²) >= 11 is 5.78. The average molecular weight is 543 g/mol. The van der Waals surface area contributed by atoms with Crippen molar-refractivity contribution in [1.82, 2.24) is 0 Å². The Bertz CT molecular complexity index is 595. The number of ether oxygens (including phenoxy) is 6. The molecular weight excluding hydrogens is 519 g/mol. The van der Waals surface area contributed by atoms with Crippen LogP contribution in [0.5, 0.6) is 11.5 Å². The van der Waals surface area contributed by atoms with Crippen LogP contribution in [-0.4, -0.2) is 50.2 Å². The molecule has 0 aliphatic carbocycles. The number of hydrogen-bond donors (Lipinski definition) is 0. The fourth-order valence-corrected chi connectivity index (χ4v) is 3.82. The van der Waals surface area contributed by atoms with Gasteiger partial charge in [0.2, 0.25) is 0 Å². The van der Waals surface area contributed by atoms with Crippen LogP contribution < -0.4 is 9.47 Å². The Kier molecular flexibility index (Phi) is 6.40. The average Bonchev–Trinajstić information content (AvgIpc) is 3.07. The Labute approximate surface area is 176 Å². The molecule has 6 nitrogen and oxygen atoms in total. The van der Waals surface area contributed by atoms with Crippen molar-refractivity contribution in [2.75, 3.05) is 26.4 Å². The SMILES string of the molecule is CC1(C)OCC(COc2cc(I)c(OCC3COC(C)(C)O3)cc2Br)O1. The monoisotopic (exact) mass is 542 g/mol. The fourth-order valence-electron chi connectivity index (χ4n) is 2.79. The highest BCUT2D eigenvalue weighted by Crippen LogP contribution is 2.35. The van der Waals surface area contributed by atoms with E-state index in [-0.39, 0.29) is 12.2 Å². The lowest BCUT2D eigenvalue weighted by atomic mass is 10.3. The number of benzene rings is 1. The fraction of sp³-hybridized carbons (Fsp3) is 0.667. The maximum Gasteiger partial charge on any atom is 0.163 e. The largest absolute Gasteiger partial charge is 0.490 e. The lowest BCUT2D eigenvalue weighted by Gasteiger charge is -2.19. The molecule has 1 aromatic carbocycles. The van der Waals surface area contributed by atoms with Crippen molar-refractivity contribution in [3.05, 3.63) is 20.2 Å². The van der Waals surface area contributed by atoms with E-state index in [9.17, 15) is 0 Å². The minimum Gasteiger partial charge on any atom is -0.490 e. The minimum absolute atomic E-state index is 0.0710. The highest BCUT2D eigenvalue weighted by Gasteiger charge is 2.34. The topological polar surface area (TPSA) is 55.4 Å². The molecule has 0 saturated carbocycles. The van der Waals surface area contributed by atoms with Crippen molar-refractivity contribution in [3.8, 4) is 11.5 Å². The van der Waals surface area contributed by atoms with Crippen LogP contribution >= 0.6 is 38.5 Å². The maximum absolute atomic E-state index is 5.91. The van der Waals surface area contributed by atoms with E-state index in [1.54, 1.807) is 0 Å². The lowest BCUT2D eigenvalue weighted by Crippen LogP contribution is -2.25. The van der Waals surface area contributed by atoms with Gasteiger partial charge >= 0.3 is 0 Å². The normalized spacial score (nSPS) is 26.8. The van der Waals surface area contributed by atoms with E-state index in [4.69, 9.17) is 28.4 Å². The summed E-state index contributed by atoms with van der Waals surface area (Å²) in [5, 5.41) is 0. The highest BCUT2D eigenvalue weighted by atomic mass is 127. The van der Waals surface area contributed by atoms with Crippen LogP contribution in [0.2, 0.25) is 0 Å². The molecule has 0 amide bonds. The third kappa shape index (κ3) is 5.45. The van der Waals surface area contributed by atoms with Crippen molar-refractivity contribution < 1.29 is 28.4 Å². The van der Waals surface area contributed by atoms with Crippen LogP contribution in [-0.2, 0) is 18.9 Å². The predicted octanol–water partition coefficient (Wildman–Crippen LogP) is 4.11. The van der Waals surface area contributed by atoms with Gasteiger partial charge in [0.15, 0.2) is 11.6 Å². The molecule has 146 valence electrons. The molecule has 2 fully saturated rings. The third-order valence-corrected chi connectivity index (χ3v) is 5.43. The van der Waals surface area contributed by atoms with Crippen molar-refractivity contribution in [2.45, 2.75) is 51.5 Å². The van der Waals surface area contributed by atoms with Gasteiger partial charge in [0.05, 0.1) is 21.3 Å². The molecule has 8 heteroatoms. The number of hydrogen-bond acceptors (Lipinski definition) is 6. The van der Waals surface area contributed by atoms with Crippen LogP contribution in [0.15, 0.2) is 16.6 Å². The van der Waals surface area contributed by atoms with Gasteiger partial charge in [0.1, 0.15) is 36.9 Å². The molecule has 26 heavy (non-hydrogen) atoms. The molecule has 2 heterocycles. The molecule has 0 radical (unpaired) electrons. The Morgan fingerprint density at radius 1 is 0.962 bits per heavy atom. The molecule has 2 unspecified atom stereocenters. The first kappa shape index (κ1) is 20.6. The second-order valence-electron chi connectivity index (χ2n) is 7.24. The van der Waals surface area contributed by atoms with Crippen LogP contribution in [0, 0.1) is 3.57 Å². The Morgan fingerprint density at radius 2 is 1.46 bits per heavy atom. The molecule has 0 bridgehead atoms. The molecule has 3 rings (SSSR count). The number of halogens is 2. The first-order valence-electron chi connectivity index (χ1n) is 8.52. The summed E-state index contributed by atoms with van der Waals surface area (Å²) in [4.78, 5) is 0. The molecule has 2 saturated heterocycles. The van der Waals surface area contributed by atoms with Gasteiger partial charge in [-0.2, -0.15) is 0 Å². The third-order valence-electron chi connectivity index (χ3n) is 3.97. The predicted molar refractivity (Wildman–Crippen MR) is 108 cm³/mol. The van der Waals surface area contributed by atoms with Gasteiger partial charge in [-0.1, -0.05) is 0 Å². The first-order chi connectivity index (χ1) is 12.1. The summed E-state index contributed by atoms with van der Waals surface area (Å²) < 4.78 is 36.2. The van der Waals surface area contributed by atoms with Crippen molar-refractivity contribution in [3.63, 3.8) is 0 Å². The maximum atomic E-state index is 5.91. The van der Waals surface area contributed by atoms with Gasteiger partial charge in [-0.15, -0.1) is 0 Å². The van der Waals surface area contributed by atoms with Crippen molar-refractivity contribution in [1.29, 1.82) is 0 Å². The minimum atomic E-state index is -0.544. The molecule has 1 aromatic rings. The molecule has 2 atom stereocenters. The lowest BCUT2D eigenvalue weighted by molar-refractivity contribution is -0.142. The van der Waals surface area contributed by atoms with Gasteiger partial charge in [0.25, 0.3) is 0 Å². The van der Waals surface area contributed by atoms with Gasteiger partial charge in [-0.3, -0.25) is 0 Å². The van der Waals surface area contributed by atoms with E-state index in [0.29, 0.717) is 26.4 Å². The quantitative estimate of drug-likeness (QED) is 0.504. The second-order valence-corrected chi connectivity index (χ2v) is 9.25. The van der Waals surface area contributed by atoms with Gasteiger partial charge in [0, 0.05) is 0 Å². The van der Waals surface area contributed by atoms with Crippen LogP contribution in [0.25, 0.3) is 0 Å². The van der Waals surface area contributed by atoms with E-state index < -0.39 is 11.6 Å². The zero-order chi connectivity index (χ0) is 18.9. The molecule has 2 aliphatic rings. The number of rotatable bonds is 6. The van der Waals surface area contributed by atoms with Gasteiger partial charge < -0.3 is 28.4 Å². The summed E-state index contributed by atoms with van der Waals surface area (Å²) in [6.07, 6.45) is -0.147. The van der Waals surface area contributed by atoms with Crippen LogP contribution in [0.4, 0.5) is 0 Å². The Balaban J connectivity index is 1.54. The van der Waals surface area contributed by atoms with E-state index >= 15 is 0 Å². The Hall–Kier alpha value is -0.130. The van der Waals surface area contributed by atoms with E-state index in [0.717, 1.165) is 19.5 Å². The summed E-state index contributed by atoms with van der Waals surface area (Å²) in [6.45, 7) is 9.54. The standard InChI is InChI=1S/C18H24BrIO6/c1-17(2)23-9-11(25-17)7-21-15-6-14(20)16(5-13(15)19)22-8-12-10-24-18(3,4)26-12/h5-6,11-12H,7-10H2,1-4H3. The summed E-state index contributed by atoms with van der Waals surface area (Å²) in [5.74, 6) is 0.439. The second kappa shape index (κ2) is 8.08. The summed E-state index contributed by atoms with van der Waals surface area (Å²) in [7, 11) is 0. The van der Waals surface area contributed by atoms with Crippen molar-refractivity contribution in [2.24, 2.45) is 0 Å². The molecular formula is C18H24BrIO6. The highest BCUT2D eigenvalue weighted by molar-refractivity contribution is 14.1. The zero-order valence-corrected chi connectivity index (χ0v) is 19.1. The molecule has 0 N–H and O–H groups in total.